The number of guanidine groups is 1. The van der Waals surface area contributed by atoms with Crippen LogP contribution in [0.25, 0.3) is 0 Å². The molecule has 18 heavy (non-hydrogen) atoms. The van der Waals surface area contributed by atoms with Crippen LogP contribution in [-0.2, 0) is 11.3 Å². The zero-order chi connectivity index (χ0) is 13.1. The highest BCUT2D eigenvalue weighted by atomic mass is 16.2. The first-order chi connectivity index (χ1) is 8.61. The van der Waals surface area contributed by atoms with Gasteiger partial charge < -0.3 is 9.88 Å². The van der Waals surface area contributed by atoms with Crippen LogP contribution in [0.2, 0.25) is 0 Å². The lowest BCUT2D eigenvalue weighted by Gasteiger charge is -2.10. The number of hydrogen-bond donors (Lipinski definition) is 2. The number of aryl methyl sites for hydroxylation is 1. The fourth-order valence-corrected chi connectivity index (χ4v) is 1.83. The van der Waals surface area contributed by atoms with Gasteiger partial charge in [0.1, 0.15) is 0 Å². The van der Waals surface area contributed by atoms with Crippen molar-refractivity contribution in [2.24, 2.45) is 10.9 Å². The molecule has 0 bridgehead atoms. The summed E-state index contributed by atoms with van der Waals surface area (Å²) in [4.78, 5) is 20.3. The fourth-order valence-electron chi connectivity index (χ4n) is 1.83. The molecule has 0 aliphatic carbocycles. The van der Waals surface area contributed by atoms with Gasteiger partial charge in [0, 0.05) is 13.1 Å². The van der Waals surface area contributed by atoms with Gasteiger partial charge in [0.15, 0.2) is 12.0 Å². The summed E-state index contributed by atoms with van der Waals surface area (Å²) in [6.07, 6.45) is 3.44. The molecule has 0 aromatic carbocycles. The second kappa shape index (κ2) is 5.20. The van der Waals surface area contributed by atoms with E-state index >= 15 is 0 Å². The standard InChI is InChI=1S/C12H19N5O/c1-4-17-7-13-6-9(17)10-11(18)16-12(15-10)14-5-8(2)3/h6-8,10H,4-5H2,1-3H3,(H2,14,15,16,18). The maximum Gasteiger partial charge on any atom is 0.255 e. The molecule has 1 fully saturated rings. The predicted molar refractivity (Wildman–Crippen MR) is 69.1 cm³/mol. The minimum atomic E-state index is -0.390. The van der Waals surface area contributed by atoms with E-state index in [4.69, 9.17) is 0 Å². The van der Waals surface area contributed by atoms with Crippen LogP contribution in [0.4, 0.5) is 0 Å². The summed E-state index contributed by atoms with van der Waals surface area (Å²) in [5, 5.41) is 5.86. The quantitative estimate of drug-likeness (QED) is 0.824. The van der Waals surface area contributed by atoms with Crippen LogP contribution < -0.4 is 10.6 Å². The Morgan fingerprint density at radius 3 is 3.00 bits per heavy atom. The van der Waals surface area contributed by atoms with E-state index in [1.807, 2.05) is 11.5 Å². The van der Waals surface area contributed by atoms with Gasteiger partial charge in [-0.05, 0) is 12.8 Å². The monoisotopic (exact) mass is 249 g/mol. The maximum atomic E-state index is 11.9. The first-order valence-electron chi connectivity index (χ1n) is 6.23. The Morgan fingerprint density at radius 1 is 1.56 bits per heavy atom. The summed E-state index contributed by atoms with van der Waals surface area (Å²) < 4.78 is 1.95. The number of carbonyl (C=O) groups is 1. The summed E-state index contributed by atoms with van der Waals surface area (Å²) >= 11 is 0. The van der Waals surface area contributed by atoms with E-state index in [0.717, 1.165) is 12.2 Å². The van der Waals surface area contributed by atoms with Crippen molar-refractivity contribution in [3.05, 3.63) is 18.2 Å². The highest BCUT2D eigenvalue weighted by Gasteiger charge is 2.31. The lowest BCUT2D eigenvalue weighted by Crippen LogP contribution is -2.26. The van der Waals surface area contributed by atoms with E-state index in [9.17, 15) is 4.79 Å². The van der Waals surface area contributed by atoms with Crippen molar-refractivity contribution in [3.8, 4) is 0 Å². The van der Waals surface area contributed by atoms with Crippen molar-refractivity contribution in [2.75, 3.05) is 6.54 Å². The molecular formula is C12H19N5O. The predicted octanol–water partition coefficient (Wildman–Crippen LogP) is 0.675. The van der Waals surface area contributed by atoms with E-state index in [-0.39, 0.29) is 5.91 Å². The topological polar surface area (TPSA) is 71.3 Å². The number of nitrogens with one attached hydrogen (secondary N) is 2. The minimum Gasteiger partial charge on any atom is -0.339 e. The van der Waals surface area contributed by atoms with E-state index in [1.54, 1.807) is 12.5 Å². The number of aliphatic imine (C=N–C) groups is 1. The third-order valence-electron chi connectivity index (χ3n) is 2.78. The van der Waals surface area contributed by atoms with E-state index < -0.39 is 6.04 Å². The summed E-state index contributed by atoms with van der Waals surface area (Å²) in [5.74, 6) is 0.951. The van der Waals surface area contributed by atoms with Crippen molar-refractivity contribution in [2.45, 2.75) is 33.4 Å². The lowest BCUT2D eigenvalue weighted by molar-refractivity contribution is -0.120. The van der Waals surface area contributed by atoms with Crippen LogP contribution in [0.15, 0.2) is 17.5 Å². The molecule has 0 saturated carbocycles. The van der Waals surface area contributed by atoms with Gasteiger partial charge >= 0.3 is 0 Å². The van der Waals surface area contributed by atoms with Gasteiger partial charge in [-0.2, -0.15) is 0 Å². The van der Waals surface area contributed by atoms with Gasteiger partial charge in [0.25, 0.3) is 5.91 Å². The van der Waals surface area contributed by atoms with Crippen molar-refractivity contribution < 1.29 is 4.79 Å². The molecule has 1 saturated heterocycles. The lowest BCUT2D eigenvalue weighted by atomic mass is 10.2. The Hall–Kier alpha value is -1.85. The number of amides is 1. The molecule has 0 radical (unpaired) electrons. The van der Waals surface area contributed by atoms with Crippen LogP contribution in [-0.4, -0.2) is 28.0 Å². The summed E-state index contributed by atoms with van der Waals surface area (Å²) in [6.45, 7) is 7.68. The van der Waals surface area contributed by atoms with Crippen LogP contribution in [0.3, 0.4) is 0 Å². The number of imidazole rings is 1. The highest BCUT2D eigenvalue weighted by Crippen LogP contribution is 2.16. The van der Waals surface area contributed by atoms with E-state index in [2.05, 4.69) is 34.5 Å². The molecule has 2 rings (SSSR count). The number of nitrogens with zero attached hydrogens (tertiary/aromatic N) is 3. The largest absolute Gasteiger partial charge is 0.339 e. The second-order valence-corrected chi connectivity index (χ2v) is 4.75. The first kappa shape index (κ1) is 12.6. The Morgan fingerprint density at radius 2 is 2.33 bits per heavy atom. The average Bonchev–Trinajstić information content (AvgIpc) is 2.91. The van der Waals surface area contributed by atoms with Gasteiger partial charge in [-0.1, -0.05) is 13.8 Å². The van der Waals surface area contributed by atoms with Crippen molar-refractivity contribution >= 4 is 11.9 Å². The van der Waals surface area contributed by atoms with Crippen molar-refractivity contribution in [1.29, 1.82) is 0 Å². The molecule has 2 heterocycles. The van der Waals surface area contributed by atoms with Gasteiger partial charge in [-0.15, -0.1) is 0 Å². The molecule has 1 atom stereocenters. The molecule has 0 spiro atoms. The SMILES string of the molecule is CCn1cncc1C1NC(=NCC(C)C)NC1=O. The Labute approximate surface area is 107 Å². The number of hydrogen-bond acceptors (Lipinski definition) is 3. The van der Waals surface area contributed by atoms with Gasteiger partial charge in [0.2, 0.25) is 0 Å². The van der Waals surface area contributed by atoms with Crippen LogP contribution in [0.5, 0.6) is 0 Å². The molecule has 2 N–H and O–H groups in total. The summed E-state index contributed by atoms with van der Waals surface area (Å²) in [7, 11) is 0. The minimum absolute atomic E-state index is 0.0762. The second-order valence-electron chi connectivity index (χ2n) is 4.75. The zero-order valence-electron chi connectivity index (χ0n) is 11.0. The average molecular weight is 249 g/mol. The smallest absolute Gasteiger partial charge is 0.255 e. The van der Waals surface area contributed by atoms with Crippen LogP contribution in [0.1, 0.15) is 32.5 Å². The van der Waals surface area contributed by atoms with Crippen molar-refractivity contribution in [1.82, 2.24) is 20.2 Å². The summed E-state index contributed by atoms with van der Waals surface area (Å²) in [6, 6.07) is -0.390. The molecule has 1 aliphatic rings. The Bertz CT molecular complexity index is 463. The third kappa shape index (κ3) is 2.52. The molecule has 6 heteroatoms. The third-order valence-corrected chi connectivity index (χ3v) is 2.78. The van der Waals surface area contributed by atoms with Gasteiger partial charge in [-0.3, -0.25) is 15.1 Å². The number of rotatable bonds is 4. The molecule has 1 unspecified atom stereocenters. The molecular weight excluding hydrogens is 230 g/mol. The fraction of sp³-hybridized carbons (Fsp3) is 0.583. The zero-order valence-corrected chi connectivity index (χ0v) is 11.0. The molecule has 6 nitrogen and oxygen atoms in total. The molecule has 1 aromatic heterocycles. The first-order valence-corrected chi connectivity index (χ1v) is 6.23. The van der Waals surface area contributed by atoms with E-state index in [1.165, 1.54) is 0 Å². The number of carbonyl (C=O) groups excluding carboxylic acids is 1. The maximum absolute atomic E-state index is 11.9. The molecule has 1 amide bonds. The van der Waals surface area contributed by atoms with Gasteiger partial charge in [-0.25, -0.2) is 4.98 Å². The normalized spacial score (nSPS) is 21.4. The van der Waals surface area contributed by atoms with Crippen molar-refractivity contribution in [3.63, 3.8) is 0 Å². The summed E-state index contributed by atoms with van der Waals surface area (Å²) in [5.41, 5.74) is 0.866. The van der Waals surface area contributed by atoms with Crippen LogP contribution in [0, 0.1) is 5.92 Å². The van der Waals surface area contributed by atoms with Crippen LogP contribution >= 0.6 is 0 Å². The molecule has 1 aliphatic heterocycles. The Balaban J connectivity index is 2.12. The number of aromatic nitrogens is 2. The van der Waals surface area contributed by atoms with Gasteiger partial charge in [0.05, 0.1) is 18.2 Å². The molecule has 1 aromatic rings. The van der Waals surface area contributed by atoms with E-state index in [0.29, 0.717) is 18.4 Å². The highest BCUT2D eigenvalue weighted by molar-refractivity contribution is 6.06. The Kier molecular flexibility index (Phi) is 3.64. The molecule has 98 valence electrons.